The van der Waals surface area contributed by atoms with Crippen LogP contribution in [0.4, 0.5) is 11.5 Å². The third-order valence-corrected chi connectivity index (χ3v) is 4.29. The topological polar surface area (TPSA) is 92.9 Å². The lowest BCUT2D eigenvalue weighted by atomic mass is 9.89. The van der Waals surface area contributed by atoms with Gasteiger partial charge in [-0.15, -0.1) is 0 Å². The number of anilines is 2. The van der Waals surface area contributed by atoms with Crippen LogP contribution in [0.3, 0.4) is 0 Å². The molecule has 118 valence electrons. The van der Waals surface area contributed by atoms with Crippen LogP contribution >= 0.6 is 0 Å². The van der Waals surface area contributed by atoms with Crippen molar-refractivity contribution in [1.82, 2.24) is 9.55 Å². The average molecular weight is 294 g/mol. The number of aromatic nitrogens is 2. The van der Waals surface area contributed by atoms with Crippen LogP contribution in [0.5, 0.6) is 0 Å². The van der Waals surface area contributed by atoms with Crippen molar-refractivity contribution in [2.75, 3.05) is 17.6 Å². The fourth-order valence-corrected chi connectivity index (χ4v) is 3.01. The van der Waals surface area contributed by atoms with Gasteiger partial charge in [-0.2, -0.15) is 0 Å². The van der Waals surface area contributed by atoms with E-state index in [2.05, 4.69) is 17.2 Å². The first-order valence-electron chi connectivity index (χ1n) is 7.69. The van der Waals surface area contributed by atoms with Gasteiger partial charge in [0.25, 0.3) is 5.56 Å². The molecule has 1 aromatic heterocycles. The Morgan fingerprint density at radius 2 is 1.95 bits per heavy atom. The van der Waals surface area contributed by atoms with Crippen molar-refractivity contribution in [2.24, 2.45) is 11.3 Å². The van der Waals surface area contributed by atoms with E-state index in [1.165, 1.54) is 17.4 Å². The van der Waals surface area contributed by atoms with E-state index in [-0.39, 0.29) is 17.2 Å². The summed E-state index contributed by atoms with van der Waals surface area (Å²) in [6.45, 7) is 7.43. The third-order valence-electron chi connectivity index (χ3n) is 4.29. The van der Waals surface area contributed by atoms with Gasteiger partial charge in [-0.3, -0.25) is 14.3 Å². The van der Waals surface area contributed by atoms with Gasteiger partial charge < -0.3 is 11.1 Å². The Morgan fingerprint density at radius 1 is 1.33 bits per heavy atom. The highest BCUT2D eigenvalue weighted by Gasteiger charge is 2.29. The molecule has 0 amide bonds. The standard InChI is InChI=1S/C15H26N4O2/c1-10(2)8-19-12(16)11(13(20)18-14(19)21)17-9-15(3)6-4-5-7-15/h10,17H,4-9,16H2,1-3H3,(H,18,20,21). The summed E-state index contributed by atoms with van der Waals surface area (Å²) >= 11 is 0. The lowest BCUT2D eigenvalue weighted by molar-refractivity contribution is 0.362. The number of hydrogen-bond donors (Lipinski definition) is 3. The molecule has 1 fully saturated rings. The molecule has 6 nitrogen and oxygen atoms in total. The molecule has 21 heavy (non-hydrogen) atoms. The molecule has 0 aromatic carbocycles. The molecule has 0 unspecified atom stereocenters. The van der Waals surface area contributed by atoms with E-state index in [1.54, 1.807) is 0 Å². The SMILES string of the molecule is CC(C)Cn1c(N)c(NCC2(C)CCCC2)c(=O)[nH]c1=O. The van der Waals surface area contributed by atoms with Crippen molar-refractivity contribution in [1.29, 1.82) is 0 Å². The maximum atomic E-state index is 12.0. The Balaban J connectivity index is 2.26. The summed E-state index contributed by atoms with van der Waals surface area (Å²) < 4.78 is 1.44. The number of rotatable bonds is 5. The van der Waals surface area contributed by atoms with E-state index in [0.717, 1.165) is 12.8 Å². The minimum Gasteiger partial charge on any atom is -0.383 e. The Morgan fingerprint density at radius 3 is 2.52 bits per heavy atom. The predicted molar refractivity (Wildman–Crippen MR) is 85.6 cm³/mol. The molecule has 1 aliphatic rings. The smallest absolute Gasteiger partial charge is 0.330 e. The van der Waals surface area contributed by atoms with Gasteiger partial charge in [0.05, 0.1) is 0 Å². The van der Waals surface area contributed by atoms with Crippen LogP contribution < -0.4 is 22.3 Å². The lowest BCUT2D eigenvalue weighted by Gasteiger charge is -2.25. The second-order valence-corrected chi connectivity index (χ2v) is 6.90. The molecule has 0 bridgehead atoms. The van der Waals surface area contributed by atoms with Gasteiger partial charge in [0.1, 0.15) is 11.5 Å². The molecular formula is C15H26N4O2. The van der Waals surface area contributed by atoms with Crippen molar-refractivity contribution in [3.63, 3.8) is 0 Å². The quantitative estimate of drug-likeness (QED) is 0.771. The number of hydrogen-bond acceptors (Lipinski definition) is 4. The summed E-state index contributed by atoms with van der Waals surface area (Å²) in [6.07, 6.45) is 4.78. The van der Waals surface area contributed by atoms with Crippen molar-refractivity contribution in [2.45, 2.75) is 53.0 Å². The second-order valence-electron chi connectivity index (χ2n) is 6.90. The van der Waals surface area contributed by atoms with Gasteiger partial charge in [-0.1, -0.05) is 33.6 Å². The van der Waals surface area contributed by atoms with Crippen molar-refractivity contribution < 1.29 is 0 Å². The average Bonchev–Trinajstić information content (AvgIpc) is 2.81. The zero-order chi connectivity index (χ0) is 15.6. The summed E-state index contributed by atoms with van der Waals surface area (Å²) in [6, 6.07) is 0. The molecule has 1 heterocycles. The fourth-order valence-electron chi connectivity index (χ4n) is 3.01. The van der Waals surface area contributed by atoms with E-state index in [4.69, 9.17) is 5.73 Å². The van der Waals surface area contributed by atoms with Crippen molar-refractivity contribution in [3.8, 4) is 0 Å². The molecular weight excluding hydrogens is 268 g/mol. The van der Waals surface area contributed by atoms with E-state index in [1.807, 2.05) is 13.8 Å². The van der Waals surface area contributed by atoms with E-state index in [9.17, 15) is 9.59 Å². The summed E-state index contributed by atoms with van der Waals surface area (Å²) in [4.78, 5) is 26.2. The summed E-state index contributed by atoms with van der Waals surface area (Å²) in [5.41, 5.74) is 5.70. The van der Waals surface area contributed by atoms with Gasteiger partial charge >= 0.3 is 5.69 Å². The number of H-pyrrole nitrogens is 1. The zero-order valence-electron chi connectivity index (χ0n) is 13.2. The fraction of sp³-hybridized carbons (Fsp3) is 0.733. The van der Waals surface area contributed by atoms with Gasteiger partial charge in [-0.25, -0.2) is 4.79 Å². The highest BCUT2D eigenvalue weighted by Crippen LogP contribution is 2.37. The molecule has 1 saturated carbocycles. The first kappa shape index (κ1) is 15.7. The van der Waals surface area contributed by atoms with Gasteiger partial charge in [0.15, 0.2) is 0 Å². The number of nitrogens with zero attached hydrogens (tertiary/aromatic N) is 1. The minimum absolute atomic E-state index is 0.206. The monoisotopic (exact) mass is 294 g/mol. The highest BCUT2D eigenvalue weighted by atomic mass is 16.2. The van der Waals surface area contributed by atoms with Crippen LogP contribution in [0, 0.1) is 11.3 Å². The maximum Gasteiger partial charge on any atom is 0.330 e. The summed E-state index contributed by atoms with van der Waals surface area (Å²) in [5.74, 6) is 0.509. The Bertz CT molecular complexity index is 609. The lowest BCUT2D eigenvalue weighted by Crippen LogP contribution is -2.36. The van der Waals surface area contributed by atoms with Crippen LogP contribution in [-0.4, -0.2) is 16.1 Å². The number of aromatic amines is 1. The number of nitrogens with two attached hydrogens (primary N) is 1. The van der Waals surface area contributed by atoms with E-state index >= 15 is 0 Å². The van der Waals surface area contributed by atoms with Gasteiger partial charge in [0, 0.05) is 13.1 Å². The van der Waals surface area contributed by atoms with Gasteiger partial charge in [0.2, 0.25) is 0 Å². The zero-order valence-corrected chi connectivity index (χ0v) is 13.2. The molecule has 0 spiro atoms. The molecule has 1 aliphatic carbocycles. The predicted octanol–water partition coefficient (Wildman–Crippen LogP) is 1.77. The third kappa shape index (κ3) is 3.49. The molecule has 0 radical (unpaired) electrons. The van der Waals surface area contributed by atoms with Gasteiger partial charge in [-0.05, 0) is 24.2 Å². The van der Waals surface area contributed by atoms with Crippen LogP contribution in [0.1, 0.15) is 46.5 Å². The van der Waals surface area contributed by atoms with Crippen LogP contribution in [0.15, 0.2) is 9.59 Å². The van der Waals surface area contributed by atoms with E-state index in [0.29, 0.717) is 18.8 Å². The normalized spacial score (nSPS) is 17.3. The first-order valence-corrected chi connectivity index (χ1v) is 7.69. The molecule has 0 aliphatic heterocycles. The van der Waals surface area contributed by atoms with Crippen LogP contribution in [0.2, 0.25) is 0 Å². The van der Waals surface area contributed by atoms with Crippen molar-refractivity contribution in [3.05, 3.63) is 20.8 Å². The number of nitrogen functional groups attached to an aromatic ring is 1. The molecule has 6 heteroatoms. The second kappa shape index (κ2) is 5.95. The summed E-state index contributed by atoms with van der Waals surface area (Å²) in [7, 11) is 0. The molecule has 1 aromatic rings. The Kier molecular flexibility index (Phi) is 4.44. The van der Waals surface area contributed by atoms with Crippen molar-refractivity contribution >= 4 is 11.5 Å². The first-order chi connectivity index (χ1) is 9.82. The molecule has 4 N–H and O–H groups in total. The van der Waals surface area contributed by atoms with Crippen LogP contribution in [0.25, 0.3) is 0 Å². The minimum atomic E-state index is -0.441. The largest absolute Gasteiger partial charge is 0.383 e. The Hall–Kier alpha value is -1.72. The molecule has 0 atom stereocenters. The Labute approximate surface area is 124 Å². The van der Waals surface area contributed by atoms with E-state index < -0.39 is 11.2 Å². The molecule has 2 rings (SSSR count). The molecule has 0 saturated heterocycles. The highest BCUT2D eigenvalue weighted by molar-refractivity contribution is 5.60. The number of nitrogens with one attached hydrogen (secondary N) is 2. The maximum absolute atomic E-state index is 12.0. The summed E-state index contributed by atoms with van der Waals surface area (Å²) in [5, 5.41) is 3.18. The van der Waals surface area contributed by atoms with Crippen LogP contribution in [-0.2, 0) is 6.54 Å².